The molecule has 4 rings (SSSR count). The van der Waals surface area contributed by atoms with Gasteiger partial charge in [-0.25, -0.2) is 18.2 Å². The van der Waals surface area contributed by atoms with Crippen LogP contribution in [0.25, 0.3) is 11.1 Å². The molecule has 0 unspecified atom stereocenters. The van der Waals surface area contributed by atoms with Crippen LogP contribution < -0.4 is 10.2 Å². The lowest BCUT2D eigenvalue weighted by atomic mass is 9.98. The minimum atomic E-state index is -3.01. The van der Waals surface area contributed by atoms with Crippen molar-refractivity contribution in [3.8, 4) is 11.1 Å². The number of nitrogens with zero attached hydrogens (tertiary/aromatic N) is 3. The quantitative estimate of drug-likeness (QED) is 0.496. The molecule has 1 aromatic carbocycles. The normalized spacial score (nSPS) is 15.4. The number of carbonyl (C=O) groups is 2. The van der Waals surface area contributed by atoms with Gasteiger partial charge in [-0.15, -0.1) is 0 Å². The number of pyridine rings is 2. The first-order valence-electron chi connectivity index (χ1n) is 10.4. The van der Waals surface area contributed by atoms with E-state index in [0.717, 1.165) is 13.1 Å². The predicted octanol–water partition coefficient (Wildman–Crippen LogP) is 5.45. The number of anilines is 2. The summed E-state index contributed by atoms with van der Waals surface area (Å²) in [6.07, 6.45) is 1.02. The first kappa shape index (κ1) is 23.7. The standard InChI is InChI=1S/C24H20ClF3N4O2/c1-12-8-18-20(22(25)30-12)17-9-15(26)10-29-21(17)13(2)23(34)32(18)11-19(33)31-16-6-4-14(5-7-16)24(3,27)28/h4-10,13H,11H2,1-3H3,(H,31,33)/t13-/m1/s1. The average Bonchev–Trinajstić information content (AvgIpc) is 2.83. The molecule has 6 nitrogen and oxygen atoms in total. The molecular formula is C24H20ClF3N4O2. The third-order valence-electron chi connectivity index (χ3n) is 5.55. The summed E-state index contributed by atoms with van der Waals surface area (Å²) in [5.41, 5.74) is 1.85. The van der Waals surface area contributed by atoms with E-state index in [1.165, 1.54) is 35.2 Å². The molecule has 0 aliphatic carbocycles. The molecule has 2 amide bonds. The van der Waals surface area contributed by atoms with Gasteiger partial charge in [-0.2, -0.15) is 0 Å². The van der Waals surface area contributed by atoms with Gasteiger partial charge in [-0.05, 0) is 38.1 Å². The molecule has 1 aliphatic rings. The zero-order valence-electron chi connectivity index (χ0n) is 18.5. The number of nitrogens with one attached hydrogen (secondary N) is 1. The lowest BCUT2D eigenvalue weighted by Gasteiger charge is -2.25. The van der Waals surface area contributed by atoms with Gasteiger partial charge in [0.25, 0.3) is 5.92 Å². The summed E-state index contributed by atoms with van der Waals surface area (Å²) >= 11 is 6.42. The Hall–Kier alpha value is -3.46. The summed E-state index contributed by atoms with van der Waals surface area (Å²) in [6.45, 7) is 3.68. The first-order chi connectivity index (χ1) is 16.0. The van der Waals surface area contributed by atoms with Crippen molar-refractivity contribution in [2.24, 2.45) is 0 Å². The second-order valence-corrected chi connectivity index (χ2v) is 8.55. The summed E-state index contributed by atoms with van der Waals surface area (Å²) in [7, 11) is 0. The number of carbonyl (C=O) groups excluding carboxylic acids is 2. The zero-order valence-corrected chi connectivity index (χ0v) is 19.3. The lowest BCUT2D eigenvalue weighted by molar-refractivity contribution is -0.122. The molecule has 1 N–H and O–H groups in total. The van der Waals surface area contributed by atoms with Crippen LogP contribution in [0.15, 0.2) is 42.6 Å². The molecular weight excluding hydrogens is 469 g/mol. The van der Waals surface area contributed by atoms with Crippen LogP contribution in [-0.2, 0) is 15.5 Å². The maximum Gasteiger partial charge on any atom is 0.270 e. The SMILES string of the molecule is Cc1cc2c(c(Cl)n1)-c1cc(F)cnc1[C@@H](C)C(=O)N2CC(=O)Nc1ccc(C(C)(F)F)cc1. The fourth-order valence-electron chi connectivity index (χ4n) is 3.90. The number of aryl methyl sites for hydroxylation is 1. The van der Waals surface area contributed by atoms with E-state index >= 15 is 0 Å². The van der Waals surface area contributed by atoms with Gasteiger partial charge in [0.15, 0.2) is 0 Å². The van der Waals surface area contributed by atoms with Crippen molar-refractivity contribution in [2.75, 3.05) is 16.8 Å². The Morgan fingerprint density at radius 3 is 2.56 bits per heavy atom. The number of hydrogen-bond acceptors (Lipinski definition) is 4. The van der Waals surface area contributed by atoms with E-state index in [0.29, 0.717) is 33.9 Å². The van der Waals surface area contributed by atoms with Gasteiger partial charge in [0.2, 0.25) is 11.8 Å². The van der Waals surface area contributed by atoms with Crippen LogP contribution in [0, 0.1) is 12.7 Å². The summed E-state index contributed by atoms with van der Waals surface area (Å²) in [5, 5.41) is 2.66. The number of benzene rings is 1. The number of hydrogen-bond donors (Lipinski definition) is 1. The monoisotopic (exact) mass is 488 g/mol. The largest absolute Gasteiger partial charge is 0.325 e. The molecule has 0 radical (unpaired) electrons. The highest BCUT2D eigenvalue weighted by Crippen LogP contribution is 2.43. The molecule has 10 heteroatoms. The second kappa shape index (κ2) is 8.72. The Morgan fingerprint density at radius 1 is 1.24 bits per heavy atom. The average molecular weight is 489 g/mol. The Labute approximate surface area is 198 Å². The zero-order chi connectivity index (χ0) is 24.8. The number of fused-ring (bicyclic) bond motifs is 3. The Morgan fingerprint density at radius 2 is 1.91 bits per heavy atom. The van der Waals surface area contributed by atoms with E-state index < -0.39 is 36.0 Å². The molecule has 0 fully saturated rings. The minimum Gasteiger partial charge on any atom is -0.325 e. The number of aromatic nitrogens is 2. The highest BCUT2D eigenvalue weighted by atomic mass is 35.5. The van der Waals surface area contributed by atoms with Gasteiger partial charge < -0.3 is 10.2 Å². The number of rotatable bonds is 4. The van der Waals surface area contributed by atoms with Crippen molar-refractivity contribution in [2.45, 2.75) is 32.6 Å². The van der Waals surface area contributed by atoms with E-state index in [1.807, 2.05) is 0 Å². The van der Waals surface area contributed by atoms with Crippen LogP contribution in [0.4, 0.5) is 24.5 Å². The molecule has 2 aromatic heterocycles. The maximum atomic E-state index is 14.1. The second-order valence-electron chi connectivity index (χ2n) is 8.19. The van der Waals surface area contributed by atoms with Crippen LogP contribution in [0.3, 0.4) is 0 Å². The van der Waals surface area contributed by atoms with E-state index in [2.05, 4.69) is 15.3 Å². The van der Waals surface area contributed by atoms with Gasteiger partial charge in [0.1, 0.15) is 17.5 Å². The molecule has 0 bridgehead atoms. The molecule has 0 spiro atoms. The molecule has 1 atom stereocenters. The van der Waals surface area contributed by atoms with Gasteiger partial charge in [-0.1, -0.05) is 23.7 Å². The highest BCUT2D eigenvalue weighted by molar-refractivity contribution is 6.33. The molecule has 0 saturated heterocycles. The van der Waals surface area contributed by atoms with Crippen molar-refractivity contribution in [1.82, 2.24) is 9.97 Å². The summed E-state index contributed by atoms with van der Waals surface area (Å²) < 4.78 is 41.0. The van der Waals surface area contributed by atoms with Crippen molar-refractivity contribution in [3.63, 3.8) is 0 Å². The predicted molar refractivity (Wildman–Crippen MR) is 123 cm³/mol. The van der Waals surface area contributed by atoms with Crippen LogP contribution >= 0.6 is 11.6 Å². The van der Waals surface area contributed by atoms with Gasteiger partial charge >= 0.3 is 0 Å². The van der Waals surface area contributed by atoms with E-state index in [4.69, 9.17) is 11.6 Å². The number of alkyl halides is 2. The third kappa shape index (κ3) is 4.48. The van der Waals surface area contributed by atoms with Gasteiger partial charge in [0, 0.05) is 35.0 Å². The fraction of sp³-hybridized carbons (Fsp3) is 0.250. The number of halogens is 4. The highest BCUT2D eigenvalue weighted by Gasteiger charge is 2.35. The Bertz CT molecular complexity index is 1290. The Kier molecular flexibility index (Phi) is 6.07. The van der Waals surface area contributed by atoms with Crippen molar-refractivity contribution in [3.05, 3.63) is 70.5 Å². The van der Waals surface area contributed by atoms with Gasteiger partial charge in [0.05, 0.1) is 23.5 Å². The molecule has 3 aromatic rings. The molecule has 3 heterocycles. The fourth-order valence-corrected chi connectivity index (χ4v) is 4.23. The summed E-state index contributed by atoms with van der Waals surface area (Å²) in [4.78, 5) is 35.8. The summed E-state index contributed by atoms with van der Waals surface area (Å²) in [5.74, 6) is -5.39. The van der Waals surface area contributed by atoms with Crippen LogP contribution in [0.5, 0.6) is 0 Å². The molecule has 176 valence electrons. The van der Waals surface area contributed by atoms with Crippen LogP contribution in [0.2, 0.25) is 5.15 Å². The number of amides is 2. The molecule has 1 aliphatic heterocycles. The van der Waals surface area contributed by atoms with Crippen molar-refractivity contribution >= 4 is 34.8 Å². The minimum absolute atomic E-state index is 0.0482. The lowest BCUT2D eigenvalue weighted by Crippen LogP contribution is -2.40. The van der Waals surface area contributed by atoms with E-state index in [9.17, 15) is 22.8 Å². The van der Waals surface area contributed by atoms with Crippen LogP contribution in [0.1, 0.15) is 36.7 Å². The topological polar surface area (TPSA) is 75.2 Å². The van der Waals surface area contributed by atoms with Gasteiger partial charge in [-0.3, -0.25) is 14.6 Å². The Balaban J connectivity index is 1.70. The first-order valence-corrected chi connectivity index (χ1v) is 10.8. The molecule has 34 heavy (non-hydrogen) atoms. The van der Waals surface area contributed by atoms with E-state index in [1.54, 1.807) is 19.9 Å². The van der Waals surface area contributed by atoms with Crippen molar-refractivity contribution in [1.29, 1.82) is 0 Å². The van der Waals surface area contributed by atoms with Crippen LogP contribution in [-0.4, -0.2) is 28.3 Å². The maximum absolute atomic E-state index is 14.1. The molecule has 0 saturated carbocycles. The smallest absolute Gasteiger partial charge is 0.270 e. The third-order valence-corrected chi connectivity index (χ3v) is 5.83. The van der Waals surface area contributed by atoms with Crippen molar-refractivity contribution < 1.29 is 22.8 Å². The van der Waals surface area contributed by atoms with E-state index in [-0.39, 0.29) is 10.7 Å². The summed E-state index contributed by atoms with van der Waals surface area (Å²) in [6, 6.07) is 7.99.